The van der Waals surface area contributed by atoms with Crippen LogP contribution < -0.4 is 25.6 Å². The van der Waals surface area contributed by atoms with Crippen LogP contribution in [-0.2, 0) is 36.1 Å². The number of ether oxygens (including phenoxy) is 2. The Kier molecular flexibility index (Phi) is 10.5. The predicted molar refractivity (Wildman–Crippen MR) is 182 cm³/mol. The van der Waals surface area contributed by atoms with E-state index >= 15 is 0 Å². The lowest BCUT2D eigenvalue weighted by molar-refractivity contribution is -0.286. The highest BCUT2D eigenvalue weighted by Gasteiger charge is 2.71. The number of rotatable bonds is 8. The van der Waals surface area contributed by atoms with Gasteiger partial charge in [0, 0.05) is 50.7 Å². The molecule has 0 heterocycles. The van der Waals surface area contributed by atoms with Crippen molar-refractivity contribution in [3.63, 3.8) is 0 Å². The standard InChI is InChI=1S/C34H49N5O12/c1-15(40)36-30(44)25-28(51-16(2)41)26(39(8)9)19-12-17-11-18-21(38(6)7)13-20(37-22(42)14-35-31(3,4)5)27(50-10)24(18)33(46,47)23(17)29(43)32(19,45)34(25,48)49/h13,17,19,26,35,43,45-49H,11-12,14H2,1-10H3,(H,37,42)(H,36,40,44)/t17-,19-,26-,32-/m0/s1. The van der Waals surface area contributed by atoms with E-state index in [1.54, 1.807) is 25.1 Å². The van der Waals surface area contributed by atoms with Gasteiger partial charge < -0.3 is 55.6 Å². The average molecular weight is 720 g/mol. The Hall–Kier alpha value is -4.10. The van der Waals surface area contributed by atoms with Crippen molar-refractivity contribution in [2.75, 3.05) is 52.1 Å². The first-order valence-electron chi connectivity index (χ1n) is 16.3. The first kappa shape index (κ1) is 39.7. The highest BCUT2D eigenvalue weighted by atomic mass is 16.6. The Balaban J connectivity index is 2.02. The Bertz CT molecular complexity index is 1710. The number of nitrogens with one attached hydrogen (secondary N) is 3. The van der Waals surface area contributed by atoms with Crippen LogP contribution in [0.25, 0.3) is 0 Å². The molecule has 0 aromatic heterocycles. The zero-order valence-corrected chi connectivity index (χ0v) is 30.5. The molecule has 0 bridgehead atoms. The number of hydrogen-bond acceptors (Lipinski definition) is 15. The van der Waals surface area contributed by atoms with Gasteiger partial charge in [-0.3, -0.25) is 29.4 Å². The average Bonchev–Trinajstić information content (AvgIpc) is 2.96. The second-order valence-electron chi connectivity index (χ2n) is 14.7. The molecule has 1 aromatic rings. The van der Waals surface area contributed by atoms with Crippen molar-refractivity contribution in [3.8, 4) is 5.75 Å². The largest absolute Gasteiger partial charge is 0.509 e. The van der Waals surface area contributed by atoms with E-state index in [-0.39, 0.29) is 36.4 Å². The van der Waals surface area contributed by atoms with E-state index in [1.807, 2.05) is 26.1 Å². The van der Waals surface area contributed by atoms with Crippen molar-refractivity contribution in [1.29, 1.82) is 0 Å². The summed E-state index contributed by atoms with van der Waals surface area (Å²) in [5.41, 5.74) is -4.85. The number of hydrogen-bond donors (Lipinski definition) is 9. The fraction of sp³-hybridized carbons (Fsp3) is 0.588. The predicted octanol–water partition coefficient (Wildman–Crippen LogP) is -0.935. The third kappa shape index (κ3) is 6.70. The third-order valence-corrected chi connectivity index (χ3v) is 9.48. The van der Waals surface area contributed by atoms with Gasteiger partial charge in [-0.2, -0.15) is 0 Å². The fourth-order valence-corrected chi connectivity index (χ4v) is 7.52. The summed E-state index contributed by atoms with van der Waals surface area (Å²) >= 11 is 0. The van der Waals surface area contributed by atoms with Crippen LogP contribution in [0.1, 0.15) is 52.2 Å². The maximum absolute atomic E-state index is 13.4. The van der Waals surface area contributed by atoms with E-state index < -0.39 is 86.9 Å². The SMILES string of the molecule is COc1c(NC(=O)CNC(C)(C)C)cc(N(C)C)c2c1C(O)(O)C1=C(O)[C@@]3(O)[C@@H](C[C@@H]1C2)[C@H](N(C)C)C(OC(C)=O)=C(C(=O)NC(C)=O)C3(O)O. The summed E-state index contributed by atoms with van der Waals surface area (Å²) in [6.07, 6.45) is -0.287. The quantitative estimate of drug-likeness (QED) is 0.116. The van der Waals surface area contributed by atoms with Crippen LogP contribution in [0.2, 0.25) is 0 Å². The second-order valence-corrected chi connectivity index (χ2v) is 14.7. The Morgan fingerprint density at radius 2 is 1.63 bits per heavy atom. The fourth-order valence-electron chi connectivity index (χ4n) is 7.52. The maximum Gasteiger partial charge on any atom is 0.307 e. The molecule has 0 fully saturated rings. The van der Waals surface area contributed by atoms with E-state index in [4.69, 9.17) is 9.47 Å². The summed E-state index contributed by atoms with van der Waals surface area (Å²) < 4.78 is 11.0. The molecule has 0 unspecified atom stereocenters. The van der Waals surface area contributed by atoms with Crippen molar-refractivity contribution in [2.45, 2.75) is 76.2 Å². The van der Waals surface area contributed by atoms with Crippen molar-refractivity contribution in [1.82, 2.24) is 15.5 Å². The first-order chi connectivity index (χ1) is 23.3. The number of imide groups is 1. The second kappa shape index (κ2) is 13.5. The number of benzene rings is 1. The number of nitrogens with zero attached hydrogens (tertiary/aromatic N) is 2. The molecule has 0 saturated carbocycles. The van der Waals surface area contributed by atoms with Gasteiger partial charge in [-0.1, -0.05) is 0 Å². The Morgan fingerprint density at radius 3 is 2.12 bits per heavy atom. The number of fused-ring (bicyclic) bond motifs is 3. The summed E-state index contributed by atoms with van der Waals surface area (Å²) in [6.45, 7) is 7.50. The van der Waals surface area contributed by atoms with Crippen LogP contribution in [0.5, 0.6) is 5.75 Å². The minimum atomic E-state index is -3.78. The highest BCUT2D eigenvalue weighted by molar-refractivity contribution is 6.05. The number of carbonyl (C=O) groups excluding carboxylic acids is 4. The van der Waals surface area contributed by atoms with Gasteiger partial charge in [0.15, 0.2) is 11.4 Å². The highest BCUT2D eigenvalue weighted by Crippen LogP contribution is 2.61. The lowest BCUT2D eigenvalue weighted by atomic mass is 9.56. The zero-order valence-electron chi connectivity index (χ0n) is 30.5. The molecule has 0 aliphatic heterocycles. The molecule has 3 amide bonds. The molecule has 282 valence electrons. The number of anilines is 2. The number of methoxy groups -OCH3 is 1. The van der Waals surface area contributed by atoms with Gasteiger partial charge in [-0.25, -0.2) is 0 Å². The summed E-state index contributed by atoms with van der Waals surface area (Å²) in [5, 5.41) is 79.9. The Labute approximate surface area is 295 Å². The number of likely N-dealkylation sites (N-methyl/N-ethyl adjacent to an activating group) is 1. The number of aliphatic hydroxyl groups excluding tert-OH is 1. The molecule has 17 heteroatoms. The topological polar surface area (TPSA) is 251 Å². The third-order valence-electron chi connectivity index (χ3n) is 9.48. The number of esters is 1. The smallest absolute Gasteiger partial charge is 0.307 e. The van der Waals surface area contributed by atoms with Gasteiger partial charge in [0.25, 0.3) is 5.91 Å². The molecule has 0 radical (unpaired) electrons. The molecule has 0 saturated heterocycles. The Morgan fingerprint density at radius 1 is 1.02 bits per heavy atom. The molecule has 4 rings (SSSR count). The van der Waals surface area contributed by atoms with Crippen molar-refractivity contribution in [3.05, 3.63) is 39.9 Å². The van der Waals surface area contributed by atoms with E-state index in [9.17, 15) is 49.8 Å². The van der Waals surface area contributed by atoms with Crippen LogP contribution in [0.3, 0.4) is 0 Å². The van der Waals surface area contributed by atoms with Crippen molar-refractivity contribution < 1.29 is 59.3 Å². The van der Waals surface area contributed by atoms with Gasteiger partial charge in [0.05, 0.1) is 30.9 Å². The molecule has 3 aliphatic carbocycles. The molecule has 9 N–H and O–H groups in total. The van der Waals surface area contributed by atoms with Gasteiger partial charge in [0.2, 0.25) is 23.4 Å². The lowest BCUT2D eigenvalue weighted by Crippen LogP contribution is -2.72. The summed E-state index contributed by atoms with van der Waals surface area (Å²) in [6, 6.07) is 0.297. The summed E-state index contributed by atoms with van der Waals surface area (Å²) in [5.74, 6) is -15.3. The van der Waals surface area contributed by atoms with Crippen LogP contribution >= 0.6 is 0 Å². The van der Waals surface area contributed by atoms with Gasteiger partial charge in [-0.15, -0.1) is 0 Å². The number of amides is 3. The molecule has 4 atom stereocenters. The van der Waals surface area contributed by atoms with Crippen LogP contribution in [0, 0.1) is 11.8 Å². The normalized spacial score (nSPS) is 25.0. The maximum atomic E-state index is 13.4. The molecule has 17 nitrogen and oxygen atoms in total. The van der Waals surface area contributed by atoms with Crippen molar-refractivity contribution >= 4 is 35.1 Å². The minimum absolute atomic E-state index is 0.0118. The summed E-state index contributed by atoms with van der Waals surface area (Å²) in [7, 11) is 7.63. The van der Waals surface area contributed by atoms with E-state index in [0.29, 0.717) is 11.3 Å². The molecule has 3 aliphatic rings. The van der Waals surface area contributed by atoms with E-state index in [2.05, 4.69) is 10.6 Å². The van der Waals surface area contributed by atoms with Gasteiger partial charge >= 0.3 is 5.97 Å². The summed E-state index contributed by atoms with van der Waals surface area (Å²) in [4.78, 5) is 53.7. The van der Waals surface area contributed by atoms with Crippen LogP contribution in [0.4, 0.5) is 11.4 Å². The molecule has 1 aromatic carbocycles. The van der Waals surface area contributed by atoms with E-state index in [0.717, 1.165) is 13.8 Å². The number of aliphatic hydroxyl groups is 6. The van der Waals surface area contributed by atoms with Gasteiger partial charge in [-0.05, 0) is 65.3 Å². The molecule has 51 heavy (non-hydrogen) atoms. The lowest BCUT2D eigenvalue weighted by Gasteiger charge is -2.57. The van der Waals surface area contributed by atoms with Crippen molar-refractivity contribution in [2.24, 2.45) is 11.8 Å². The van der Waals surface area contributed by atoms with Crippen LogP contribution in [-0.4, -0.2) is 124 Å². The van der Waals surface area contributed by atoms with E-state index in [1.165, 1.54) is 26.1 Å². The van der Waals surface area contributed by atoms with Gasteiger partial charge in [0.1, 0.15) is 17.1 Å². The van der Waals surface area contributed by atoms with Crippen LogP contribution in [0.15, 0.2) is 28.7 Å². The minimum Gasteiger partial charge on any atom is -0.509 e. The molecular formula is C34H49N5O12. The molecular weight excluding hydrogens is 670 g/mol. The monoisotopic (exact) mass is 719 g/mol. The molecule has 0 spiro atoms. The zero-order chi connectivity index (χ0) is 38.8. The first-order valence-corrected chi connectivity index (χ1v) is 16.3. The number of carbonyl (C=O) groups is 4.